The molecule has 5 heteroatoms. The fourth-order valence-electron chi connectivity index (χ4n) is 0.933. The number of nitrogens with two attached hydrogens (primary N) is 1. The third kappa shape index (κ3) is 2.78. The number of hydrogen-bond acceptors (Lipinski definition) is 4. The van der Waals surface area contributed by atoms with Crippen molar-refractivity contribution in [2.75, 3.05) is 0 Å². The minimum atomic E-state index is -0.888. The van der Waals surface area contributed by atoms with Gasteiger partial charge in [-0.05, 0) is 6.42 Å². The van der Waals surface area contributed by atoms with Crippen LogP contribution >= 0.6 is 11.3 Å². The Bertz CT molecular complexity index is 298. The van der Waals surface area contributed by atoms with Crippen molar-refractivity contribution in [3.8, 4) is 0 Å². The van der Waals surface area contributed by atoms with Gasteiger partial charge >= 0.3 is 5.97 Å². The van der Waals surface area contributed by atoms with Gasteiger partial charge < -0.3 is 10.8 Å². The molecule has 0 bridgehead atoms. The summed E-state index contributed by atoms with van der Waals surface area (Å²) in [6, 6.07) is -0.470. The van der Waals surface area contributed by atoms with E-state index < -0.39 is 12.0 Å². The van der Waals surface area contributed by atoms with Crippen LogP contribution in [0.25, 0.3) is 0 Å². The van der Waals surface area contributed by atoms with Crippen LogP contribution in [0.2, 0.25) is 0 Å². The molecule has 0 aromatic carbocycles. The predicted octanol–water partition coefficient (Wildman–Crippen LogP) is 1.18. The van der Waals surface area contributed by atoms with E-state index in [1.165, 1.54) is 11.3 Å². The van der Waals surface area contributed by atoms with E-state index >= 15 is 0 Å². The maximum atomic E-state index is 10.4. The van der Waals surface area contributed by atoms with Crippen LogP contribution in [-0.4, -0.2) is 16.1 Å². The highest BCUT2D eigenvalue weighted by molar-refractivity contribution is 7.11. The molecule has 0 spiro atoms. The lowest BCUT2D eigenvalue weighted by Crippen LogP contribution is -2.14. The van der Waals surface area contributed by atoms with Gasteiger partial charge in [-0.1, -0.05) is 6.92 Å². The topological polar surface area (TPSA) is 76.2 Å². The maximum absolute atomic E-state index is 10.4. The quantitative estimate of drug-likeness (QED) is 0.765. The second-order valence-electron chi connectivity index (χ2n) is 2.72. The minimum Gasteiger partial charge on any atom is -0.481 e. The van der Waals surface area contributed by atoms with E-state index in [0.29, 0.717) is 5.01 Å². The van der Waals surface area contributed by atoms with Gasteiger partial charge in [-0.25, -0.2) is 4.98 Å². The summed E-state index contributed by atoms with van der Waals surface area (Å²) >= 11 is 1.48. The van der Waals surface area contributed by atoms with Gasteiger partial charge in [0.15, 0.2) is 0 Å². The molecule has 0 unspecified atom stereocenters. The summed E-state index contributed by atoms with van der Waals surface area (Å²) in [6.45, 7) is 2.03. The number of aromatic nitrogens is 1. The molecule has 0 radical (unpaired) electrons. The Balaban J connectivity index is 2.65. The third-order valence-electron chi connectivity index (χ3n) is 1.63. The minimum absolute atomic E-state index is 0.0589. The molecule has 1 atom stereocenters. The molecule has 72 valence electrons. The Labute approximate surface area is 80.4 Å². The van der Waals surface area contributed by atoms with Gasteiger partial charge in [-0.2, -0.15) is 0 Å². The Morgan fingerprint density at radius 3 is 3.00 bits per heavy atom. The van der Waals surface area contributed by atoms with E-state index in [-0.39, 0.29) is 6.42 Å². The molecule has 0 saturated carbocycles. The summed E-state index contributed by atoms with van der Waals surface area (Å²) in [5.74, 6) is -0.888. The van der Waals surface area contributed by atoms with E-state index in [1.807, 2.05) is 6.92 Å². The van der Waals surface area contributed by atoms with Crippen LogP contribution in [0, 0.1) is 0 Å². The van der Waals surface area contributed by atoms with E-state index in [0.717, 1.165) is 11.3 Å². The van der Waals surface area contributed by atoms with Crippen molar-refractivity contribution in [2.45, 2.75) is 25.8 Å². The van der Waals surface area contributed by atoms with Gasteiger partial charge in [0.05, 0.1) is 12.5 Å². The van der Waals surface area contributed by atoms with Crippen molar-refractivity contribution >= 4 is 17.3 Å². The van der Waals surface area contributed by atoms with Gasteiger partial charge in [0.2, 0.25) is 0 Å². The Kier molecular flexibility index (Phi) is 3.39. The molecule has 1 aromatic heterocycles. The first kappa shape index (κ1) is 10.1. The predicted molar refractivity (Wildman–Crippen MR) is 50.7 cm³/mol. The van der Waals surface area contributed by atoms with Crippen molar-refractivity contribution < 1.29 is 9.90 Å². The summed E-state index contributed by atoms with van der Waals surface area (Å²) in [6.07, 6.45) is 2.61. The van der Waals surface area contributed by atoms with Crippen LogP contribution in [-0.2, 0) is 11.2 Å². The lowest BCUT2D eigenvalue weighted by Gasteiger charge is -2.02. The first-order valence-electron chi connectivity index (χ1n) is 4.05. The fraction of sp³-hybridized carbons (Fsp3) is 0.500. The Morgan fingerprint density at radius 1 is 1.85 bits per heavy atom. The van der Waals surface area contributed by atoms with Gasteiger partial charge in [0, 0.05) is 11.1 Å². The molecule has 1 rings (SSSR count). The first-order chi connectivity index (χ1) is 6.13. The molecular weight excluding hydrogens is 188 g/mol. The summed E-state index contributed by atoms with van der Waals surface area (Å²) in [5, 5.41) is 9.21. The smallest absolute Gasteiger partial charge is 0.305 e. The molecule has 4 nitrogen and oxygen atoms in total. The van der Waals surface area contributed by atoms with Crippen molar-refractivity contribution in [3.63, 3.8) is 0 Å². The largest absolute Gasteiger partial charge is 0.481 e. The number of thiazole rings is 1. The monoisotopic (exact) mass is 200 g/mol. The fourth-order valence-corrected chi connectivity index (χ4v) is 1.79. The zero-order valence-corrected chi connectivity index (χ0v) is 8.17. The van der Waals surface area contributed by atoms with Crippen LogP contribution < -0.4 is 5.73 Å². The number of aryl methyl sites for hydroxylation is 1. The molecule has 0 saturated heterocycles. The van der Waals surface area contributed by atoms with Crippen LogP contribution in [0.4, 0.5) is 0 Å². The molecule has 0 fully saturated rings. The van der Waals surface area contributed by atoms with E-state index in [4.69, 9.17) is 10.8 Å². The standard InChI is InChI=1S/C8H12N2O2S/c1-2-5-4-10-8(13-5)6(9)3-7(11)12/h4,6H,2-3,9H2,1H3,(H,11,12)/t6-/m1/s1. The number of carboxylic acids is 1. The first-order valence-corrected chi connectivity index (χ1v) is 4.87. The molecule has 1 heterocycles. The number of hydrogen-bond donors (Lipinski definition) is 2. The molecule has 3 N–H and O–H groups in total. The lowest BCUT2D eigenvalue weighted by molar-refractivity contribution is -0.137. The van der Waals surface area contributed by atoms with Crippen LogP contribution in [0.5, 0.6) is 0 Å². The number of carboxylic acid groups (broad SMARTS) is 1. The third-order valence-corrected chi connectivity index (χ3v) is 2.91. The van der Waals surface area contributed by atoms with Crippen LogP contribution in [0.15, 0.2) is 6.20 Å². The van der Waals surface area contributed by atoms with Crippen molar-refractivity contribution in [3.05, 3.63) is 16.1 Å². The summed E-state index contributed by atoms with van der Waals surface area (Å²) < 4.78 is 0. The molecule has 0 aliphatic carbocycles. The molecule has 0 amide bonds. The molecule has 13 heavy (non-hydrogen) atoms. The van der Waals surface area contributed by atoms with Gasteiger partial charge in [-0.3, -0.25) is 4.79 Å². The summed E-state index contributed by atoms with van der Waals surface area (Å²) in [4.78, 5) is 15.6. The van der Waals surface area contributed by atoms with Crippen molar-refractivity contribution in [1.82, 2.24) is 4.98 Å². The van der Waals surface area contributed by atoms with E-state index in [9.17, 15) is 4.79 Å². The maximum Gasteiger partial charge on any atom is 0.305 e. The number of rotatable bonds is 4. The Hall–Kier alpha value is -0.940. The van der Waals surface area contributed by atoms with Crippen molar-refractivity contribution in [2.24, 2.45) is 5.73 Å². The molecular formula is C8H12N2O2S. The zero-order valence-electron chi connectivity index (χ0n) is 7.36. The average molecular weight is 200 g/mol. The number of nitrogens with zero attached hydrogens (tertiary/aromatic N) is 1. The van der Waals surface area contributed by atoms with Gasteiger partial charge in [0.25, 0.3) is 0 Å². The lowest BCUT2D eigenvalue weighted by atomic mass is 10.2. The van der Waals surface area contributed by atoms with Gasteiger partial charge in [0.1, 0.15) is 5.01 Å². The highest BCUT2D eigenvalue weighted by Crippen LogP contribution is 2.20. The Morgan fingerprint density at radius 2 is 2.54 bits per heavy atom. The molecule has 1 aromatic rings. The average Bonchev–Trinajstić information content (AvgIpc) is 2.50. The van der Waals surface area contributed by atoms with E-state index in [1.54, 1.807) is 6.20 Å². The normalized spacial score (nSPS) is 12.8. The number of aliphatic carboxylic acids is 1. The second-order valence-corrected chi connectivity index (χ2v) is 3.87. The number of carbonyl (C=O) groups is 1. The summed E-state index contributed by atoms with van der Waals surface area (Å²) in [7, 11) is 0. The highest BCUT2D eigenvalue weighted by atomic mass is 32.1. The van der Waals surface area contributed by atoms with Crippen molar-refractivity contribution in [1.29, 1.82) is 0 Å². The molecule has 0 aliphatic rings. The van der Waals surface area contributed by atoms with Crippen LogP contribution in [0.1, 0.15) is 29.3 Å². The van der Waals surface area contributed by atoms with E-state index in [2.05, 4.69) is 4.98 Å². The second kappa shape index (κ2) is 4.34. The van der Waals surface area contributed by atoms with Gasteiger partial charge in [-0.15, -0.1) is 11.3 Å². The highest BCUT2D eigenvalue weighted by Gasteiger charge is 2.13. The molecule has 0 aliphatic heterocycles. The van der Waals surface area contributed by atoms with Crippen LogP contribution in [0.3, 0.4) is 0 Å². The zero-order chi connectivity index (χ0) is 9.84. The summed E-state index contributed by atoms with van der Waals surface area (Å²) in [5.41, 5.74) is 5.63. The SMILES string of the molecule is CCc1cnc([C@H](N)CC(=O)O)s1.